The van der Waals surface area contributed by atoms with Crippen LogP contribution in [0.5, 0.6) is 0 Å². The summed E-state index contributed by atoms with van der Waals surface area (Å²) in [7, 11) is 0. The van der Waals surface area contributed by atoms with Gasteiger partial charge >= 0.3 is 0 Å². The molecule has 4 fully saturated rings. The number of fused-ring (bicyclic) bond motifs is 1. The van der Waals surface area contributed by atoms with Gasteiger partial charge in [-0.15, -0.1) is 0 Å². The number of hydrogen-bond acceptors (Lipinski definition) is 2. The van der Waals surface area contributed by atoms with Gasteiger partial charge in [0.25, 0.3) is 0 Å². The van der Waals surface area contributed by atoms with Crippen LogP contribution in [-0.4, -0.2) is 23.4 Å². The van der Waals surface area contributed by atoms with Gasteiger partial charge in [-0.2, -0.15) is 0 Å². The van der Waals surface area contributed by atoms with Crippen molar-refractivity contribution in [3.05, 3.63) is 0 Å². The Balaban J connectivity index is 1.80. The molecule has 1 N–H and O–H groups in total. The quantitative estimate of drug-likeness (QED) is 0.638. The smallest absolute Gasteiger partial charge is 0.0844 e. The molecule has 0 aromatic rings. The molecule has 3 saturated carbocycles. The first-order valence-corrected chi connectivity index (χ1v) is 6.09. The molecule has 4 rings (SSSR count). The van der Waals surface area contributed by atoms with Crippen molar-refractivity contribution in [3.63, 3.8) is 0 Å². The van der Waals surface area contributed by atoms with Crippen molar-refractivity contribution in [1.29, 1.82) is 0 Å². The summed E-state index contributed by atoms with van der Waals surface area (Å²) in [4.78, 5) is 0. The molecule has 5 atom stereocenters. The van der Waals surface area contributed by atoms with E-state index < -0.39 is 0 Å². The van der Waals surface area contributed by atoms with E-state index in [1.54, 1.807) is 0 Å². The highest BCUT2D eigenvalue weighted by atomic mass is 16.5. The van der Waals surface area contributed by atoms with Gasteiger partial charge in [-0.3, -0.25) is 0 Å². The molecule has 0 amide bonds. The molecule has 0 aromatic heterocycles. The fourth-order valence-corrected chi connectivity index (χ4v) is 5.04. The first kappa shape index (κ1) is 8.12. The van der Waals surface area contributed by atoms with Gasteiger partial charge in [-0.05, 0) is 37.5 Å². The van der Waals surface area contributed by atoms with Crippen molar-refractivity contribution in [2.45, 2.75) is 63.3 Å². The summed E-state index contributed by atoms with van der Waals surface area (Å²) < 4.78 is 5.97. The van der Waals surface area contributed by atoms with Crippen LogP contribution in [0.4, 0.5) is 0 Å². The van der Waals surface area contributed by atoms with Gasteiger partial charge in [-0.1, -0.05) is 12.8 Å². The molecular formula is C12H18O2. The SMILES string of the molecule is OC1CC23CCCCC24CC1OC4C3. The minimum Gasteiger partial charge on any atom is -0.390 e. The average Bonchev–Trinajstić information content (AvgIpc) is 2.32. The summed E-state index contributed by atoms with van der Waals surface area (Å²) in [6, 6.07) is 0. The van der Waals surface area contributed by atoms with Gasteiger partial charge in [0.1, 0.15) is 0 Å². The van der Waals surface area contributed by atoms with Crippen molar-refractivity contribution < 1.29 is 9.84 Å². The lowest BCUT2D eigenvalue weighted by molar-refractivity contribution is -0.182. The van der Waals surface area contributed by atoms with E-state index in [1.807, 2.05) is 0 Å². The zero-order chi connectivity index (χ0) is 9.39. The molecule has 0 radical (unpaired) electrons. The first-order chi connectivity index (χ1) is 6.76. The molecular weight excluding hydrogens is 176 g/mol. The average molecular weight is 194 g/mol. The standard InChI is InChI=1S/C12H18O2/c13-8-5-11-3-1-2-4-12(11)6-9(8)14-10(12)7-11/h8-10,13H,1-7H2. The second-order valence-electron chi connectivity index (χ2n) is 5.99. The number of ether oxygens (including phenoxy) is 1. The van der Waals surface area contributed by atoms with Crippen molar-refractivity contribution in [3.8, 4) is 0 Å². The topological polar surface area (TPSA) is 29.5 Å². The lowest BCUT2D eigenvalue weighted by Gasteiger charge is -2.65. The lowest BCUT2D eigenvalue weighted by Crippen LogP contribution is -2.62. The number of aliphatic hydroxyl groups excluding tert-OH is 1. The number of hydrogen-bond donors (Lipinski definition) is 1. The zero-order valence-electron chi connectivity index (χ0n) is 8.54. The molecule has 2 heteroatoms. The van der Waals surface area contributed by atoms with E-state index in [9.17, 15) is 5.11 Å². The second kappa shape index (κ2) is 2.19. The Morgan fingerprint density at radius 1 is 1.07 bits per heavy atom. The molecule has 78 valence electrons. The summed E-state index contributed by atoms with van der Waals surface area (Å²) in [5.74, 6) is 0. The molecule has 1 saturated heterocycles. The van der Waals surface area contributed by atoms with E-state index in [0.29, 0.717) is 16.9 Å². The molecule has 1 spiro atoms. The molecule has 3 aliphatic carbocycles. The maximum Gasteiger partial charge on any atom is 0.0844 e. The van der Waals surface area contributed by atoms with Crippen LogP contribution in [0.25, 0.3) is 0 Å². The molecule has 4 aliphatic rings. The number of aliphatic hydroxyl groups is 1. The number of rotatable bonds is 0. The zero-order valence-corrected chi connectivity index (χ0v) is 8.54. The van der Waals surface area contributed by atoms with Crippen molar-refractivity contribution >= 4 is 0 Å². The molecule has 1 heterocycles. The summed E-state index contributed by atoms with van der Waals surface area (Å²) in [5, 5.41) is 10.00. The van der Waals surface area contributed by atoms with Crippen LogP contribution in [0.3, 0.4) is 0 Å². The Hall–Kier alpha value is -0.0800. The van der Waals surface area contributed by atoms with Gasteiger partial charge < -0.3 is 9.84 Å². The highest BCUT2D eigenvalue weighted by Crippen LogP contribution is 2.75. The Labute approximate surface area is 84.6 Å². The maximum absolute atomic E-state index is 10.00. The van der Waals surface area contributed by atoms with Crippen LogP contribution in [0.2, 0.25) is 0 Å². The molecule has 1 aliphatic heterocycles. The molecule has 2 nitrogen and oxygen atoms in total. The summed E-state index contributed by atoms with van der Waals surface area (Å²) in [6.07, 6.45) is 9.51. The van der Waals surface area contributed by atoms with Crippen molar-refractivity contribution in [2.24, 2.45) is 10.8 Å². The highest BCUT2D eigenvalue weighted by Gasteiger charge is 2.73. The van der Waals surface area contributed by atoms with E-state index in [-0.39, 0.29) is 12.2 Å². The van der Waals surface area contributed by atoms with E-state index in [2.05, 4.69) is 0 Å². The Kier molecular flexibility index (Phi) is 1.27. The van der Waals surface area contributed by atoms with Gasteiger partial charge in [0.2, 0.25) is 0 Å². The molecule has 2 bridgehead atoms. The predicted molar refractivity (Wildman–Crippen MR) is 51.9 cm³/mol. The van der Waals surface area contributed by atoms with Crippen LogP contribution >= 0.6 is 0 Å². The predicted octanol–water partition coefficient (Wildman–Crippen LogP) is 1.86. The normalized spacial score (nSPS) is 64.5. The minimum absolute atomic E-state index is 0.159. The molecule has 0 aromatic carbocycles. The van der Waals surface area contributed by atoms with Crippen molar-refractivity contribution in [2.75, 3.05) is 0 Å². The van der Waals surface area contributed by atoms with Crippen LogP contribution in [0.15, 0.2) is 0 Å². The summed E-state index contributed by atoms with van der Waals surface area (Å²) >= 11 is 0. The Bertz CT molecular complexity index is 290. The third-order valence-electron chi connectivity index (χ3n) is 5.71. The van der Waals surface area contributed by atoms with E-state index in [1.165, 1.54) is 38.5 Å². The van der Waals surface area contributed by atoms with Gasteiger partial charge in [0.15, 0.2) is 0 Å². The lowest BCUT2D eigenvalue weighted by atomic mass is 9.39. The van der Waals surface area contributed by atoms with Crippen LogP contribution in [0.1, 0.15) is 44.9 Å². The first-order valence-electron chi connectivity index (χ1n) is 6.09. The van der Waals surface area contributed by atoms with Crippen molar-refractivity contribution in [1.82, 2.24) is 0 Å². The summed E-state index contributed by atoms with van der Waals surface area (Å²) in [6.45, 7) is 0. The highest BCUT2D eigenvalue weighted by molar-refractivity contribution is 5.22. The van der Waals surface area contributed by atoms with E-state index in [0.717, 1.165) is 6.42 Å². The molecule has 14 heavy (non-hydrogen) atoms. The monoisotopic (exact) mass is 194 g/mol. The van der Waals surface area contributed by atoms with Gasteiger partial charge in [0.05, 0.1) is 18.3 Å². The third kappa shape index (κ3) is 0.646. The van der Waals surface area contributed by atoms with E-state index in [4.69, 9.17) is 4.74 Å². The fourth-order valence-electron chi connectivity index (χ4n) is 5.04. The minimum atomic E-state index is -0.159. The fraction of sp³-hybridized carbons (Fsp3) is 1.00. The van der Waals surface area contributed by atoms with Gasteiger partial charge in [0, 0.05) is 5.41 Å². The largest absolute Gasteiger partial charge is 0.390 e. The summed E-state index contributed by atoms with van der Waals surface area (Å²) in [5.41, 5.74) is 1.03. The van der Waals surface area contributed by atoms with Gasteiger partial charge in [-0.25, -0.2) is 0 Å². The van der Waals surface area contributed by atoms with Crippen LogP contribution in [0, 0.1) is 10.8 Å². The molecule has 5 unspecified atom stereocenters. The Morgan fingerprint density at radius 3 is 2.86 bits per heavy atom. The van der Waals surface area contributed by atoms with E-state index >= 15 is 0 Å². The Morgan fingerprint density at radius 2 is 1.93 bits per heavy atom. The van der Waals surface area contributed by atoms with Crippen LogP contribution < -0.4 is 0 Å². The third-order valence-corrected chi connectivity index (χ3v) is 5.71. The maximum atomic E-state index is 10.00. The van der Waals surface area contributed by atoms with Crippen LogP contribution in [-0.2, 0) is 4.74 Å². The second-order valence-corrected chi connectivity index (χ2v) is 5.99.